The van der Waals surface area contributed by atoms with Crippen molar-refractivity contribution < 1.29 is 23.9 Å². The number of nitrogens with one attached hydrogen (secondary N) is 1. The van der Waals surface area contributed by atoms with Crippen molar-refractivity contribution in [2.24, 2.45) is 0 Å². The van der Waals surface area contributed by atoms with E-state index < -0.39 is 12.1 Å². The van der Waals surface area contributed by atoms with Crippen LogP contribution in [0.1, 0.15) is 38.0 Å². The Morgan fingerprint density at radius 1 is 0.871 bits per heavy atom. The Morgan fingerprint density at radius 3 is 2.29 bits per heavy atom. The summed E-state index contributed by atoms with van der Waals surface area (Å²) in [5.74, 6) is -0.837. The molecule has 0 bridgehead atoms. The lowest BCUT2D eigenvalue weighted by atomic mass is 10.1. The Bertz CT molecular complexity index is 1130. The van der Waals surface area contributed by atoms with Crippen molar-refractivity contribution in [1.29, 1.82) is 0 Å². The summed E-state index contributed by atoms with van der Waals surface area (Å²) >= 11 is 5.91. The van der Waals surface area contributed by atoms with E-state index in [1.54, 1.807) is 60.7 Å². The summed E-state index contributed by atoms with van der Waals surface area (Å²) in [5, 5.41) is 3.15. The summed E-state index contributed by atoms with van der Waals surface area (Å²) in [7, 11) is 1.52. The fourth-order valence-electron chi connectivity index (χ4n) is 2.85. The van der Waals surface area contributed by atoms with Gasteiger partial charge >= 0.3 is 5.97 Å². The molecular weight excluding hydrogens is 418 g/mol. The lowest BCUT2D eigenvalue weighted by molar-refractivity contribution is 0.0319. The van der Waals surface area contributed by atoms with Gasteiger partial charge in [-0.25, -0.2) is 4.79 Å². The van der Waals surface area contributed by atoms with Crippen LogP contribution in [0.15, 0.2) is 72.8 Å². The van der Waals surface area contributed by atoms with Gasteiger partial charge in [0.2, 0.25) is 5.78 Å². The number of benzene rings is 3. The largest absolute Gasteiger partial charge is 0.497 e. The van der Waals surface area contributed by atoms with Crippen molar-refractivity contribution in [3.8, 4) is 5.75 Å². The Labute approximate surface area is 184 Å². The summed E-state index contributed by atoms with van der Waals surface area (Å²) in [6.07, 6.45) is -0.999. The van der Waals surface area contributed by atoms with Crippen LogP contribution in [0.5, 0.6) is 5.75 Å². The summed E-state index contributed by atoms with van der Waals surface area (Å²) in [4.78, 5) is 37.5. The number of methoxy groups -OCH3 is 1. The van der Waals surface area contributed by atoms with Crippen molar-refractivity contribution in [3.63, 3.8) is 0 Å². The molecular formula is C24H20ClNO5. The van der Waals surface area contributed by atoms with Crippen LogP contribution >= 0.6 is 11.6 Å². The second-order valence-corrected chi connectivity index (χ2v) is 7.13. The van der Waals surface area contributed by atoms with E-state index in [4.69, 9.17) is 21.1 Å². The predicted molar refractivity (Wildman–Crippen MR) is 118 cm³/mol. The van der Waals surface area contributed by atoms with E-state index in [9.17, 15) is 14.4 Å². The molecule has 7 heteroatoms. The zero-order chi connectivity index (χ0) is 22.4. The Morgan fingerprint density at radius 2 is 1.55 bits per heavy atom. The molecule has 0 radical (unpaired) electrons. The van der Waals surface area contributed by atoms with Gasteiger partial charge in [-0.15, -0.1) is 0 Å². The number of carbonyl (C=O) groups is 3. The number of esters is 1. The van der Waals surface area contributed by atoms with Crippen LogP contribution in [0.25, 0.3) is 0 Å². The number of amides is 1. The number of carbonyl (C=O) groups excluding carboxylic acids is 3. The smallest absolute Gasteiger partial charge is 0.338 e. The average Bonchev–Trinajstić information content (AvgIpc) is 2.78. The SMILES string of the molecule is COc1cccc(C(=O)Nc2cccc(C(=O)O[C@@H](C)C(=O)c3cccc(Cl)c3)c2)c1. The highest BCUT2D eigenvalue weighted by Gasteiger charge is 2.21. The molecule has 158 valence electrons. The van der Waals surface area contributed by atoms with Gasteiger partial charge in [-0.3, -0.25) is 9.59 Å². The molecule has 31 heavy (non-hydrogen) atoms. The van der Waals surface area contributed by atoms with E-state index >= 15 is 0 Å². The minimum atomic E-state index is -0.999. The van der Waals surface area contributed by atoms with Gasteiger partial charge in [-0.2, -0.15) is 0 Å². The molecule has 0 saturated heterocycles. The standard InChI is InChI=1S/C24H20ClNO5/c1-15(22(27)16-6-3-9-19(25)12-16)31-24(29)18-8-4-10-20(13-18)26-23(28)17-7-5-11-21(14-17)30-2/h3-15H,1-2H3,(H,26,28)/t15-/m0/s1. The molecule has 1 amide bonds. The Balaban J connectivity index is 1.68. The molecule has 0 aromatic heterocycles. The van der Waals surface area contributed by atoms with E-state index in [0.717, 1.165) is 0 Å². The van der Waals surface area contributed by atoms with Crippen LogP contribution in [0.3, 0.4) is 0 Å². The minimum absolute atomic E-state index is 0.203. The lowest BCUT2D eigenvalue weighted by Gasteiger charge is -2.13. The molecule has 3 aromatic carbocycles. The number of ketones is 1. The number of Topliss-reactive ketones (excluding diaryl/α,β-unsaturated/α-hetero) is 1. The third-order valence-corrected chi connectivity index (χ3v) is 4.69. The highest BCUT2D eigenvalue weighted by molar-refractivity contribution is 6.31. The Hall–Kier alpha value is -3.64. The molecule has 0 fully saturated rings. The molecule has 0 aliphatic carbocycles. The Kier molecular flexibility index (Phi) is 7.05. The van der Waals surface area contributed by atoms with E-state index in [-0.39, 0.29) is 17.3 Å². The van der Waals surface area contributed by atoms with Gasteiger partial charge in [-0.1, -0.05) is 35.9 Å². The molecule has 1 N–H and O–H groups in total. The fourth-order valence-corrected chi connectivity index (χ4v) is 3.04. The molecule has 1 atom stereocenters. The zero-order valence-corrected chi connectivity index (χ0v) is 17.7. The number of hydrogen-bond acceptors (Lipinski definition) is 5. The van der Waals surface area contributed by atoms with Gasteiger partial charge in [0.05, 0.1) is 12.7 Å². The van der Waals surface area contributed by atoms with Gasteiger partial charge in [0.1, 0.15) is 5.75 Å². The summed E-state index contributed by atoms with van der Waals surface area (Å²) in [5.41, 5.74) is 1.38. The maximum atomic E-state index is 12.5. The summed E-state index contributed by atoms with van der Waals surface area (Å²) in [6, 6.07) is 19.4. The molecule has 0 unspecified atom stereocenters. The van der Waals surface area contributed by atoms with Crippen molar-refractivity contribution in [1.82, 2.24) is 0 Å². The first-order chi connectivity index (χ1) is 14.9. The van der Waals surface area contributed by atoms with Crippen molar-refractivity contribution in [2.75, 3.05) is 12.4 Å². The normalized spacial score (nSPS) is 11.3. The van der Waals surface area contributed by atoms with E-state index in [0.29, 0.717) is 27.6 Å². The quantitative estimate of drug-likeness (QED) is 0.414. The van der Waals surface area contributed by atoms with Crippen LogP contribution in [-0.2, 0) is 4.74 Å². The van der Waals surface area contributed by atoms with E-state index in [1.165, 1.54) is 26.2 Å². The fraction of sp³-hybridized carbons (Fsp3) is 0.125. The second kappa shape index (κ2) is 9.91. The van der Waals surface area contributed by atoms with Crippen molar-refractivity contribution in [2.45, 2.75) is 13.0 Å². The molecule has 0 heterocycles. The number of anilines is 1. The molecule has 0 saturated carbocycles. The molecule has 0 aliphatic heterocycles. The maximum Gasteiger partial charge on any atom is 0.338 e. The molecule has 3 aromatic rings. The van der Waals surface area contributed by atoms with Crippen LogP contribution < -0.4 is 10.1 Å². The highest BCUT2D eigenvalue weighted by Crippen LogP contribution is 2.18. The monoisotopic (exact) mass is 437 g/mol. The number of hydrogen-bond donors (Lipinski definition) is 1. The van der Waals surface area contributed by atoms with E-state index in [2.05, 4.69) is 5.32 Å². The number of ether oxygens (including phenoxy) is 2. The van der Waals surface area contributed by atoms with Crippen LogP contribution in [0.2, 0.25) is 5.02 Å². The van der Waals surface area contributed by atoms with Gasteiger partial charge in [-0.05, 0) is 55.5 Å². The second-order valence-electron chi connectivity index (χ2n) is 6.69. The maximum absolute atomic E-state index is 12.5. The molecule has 3 rings (SSSR count). The highest BCUT2D eigenvalue weighted by atomic mass is 35.5. The van der Waals surface area contributed by atoms with Gasteiger partial charge in [0, 0.05) is 21.8 Å². The lowest BCUT2D eigenvalue weighted by Crippen LogP contribution is -2.24. The first kappa shape index (κ1) is 22.1. The first-order valence-electron chi connectivity index (χ1n) is 9.43. The number of rotatable bonds is 7. The topological polar surface area (TPSA) is 81.7 Å². The summed E-state index contributed by atoms with van der Waals surface area (Å²) in [6.45, 7) is 1.50. The van der Waals surface area contributed by atoms with Crippen LogP contribution in [0.4, 0.5) is 5.69 Å². The van der Waals surface area contributed by atoms with Gasteiger partial charge in [0.15, 0.2) is 6.10 Å². The van der Waals surface area contributed by atoms with Gasteiger partial charge < -0.3 is 14.8 Å². The number of halogens is 1. The molecule has 0 spiro atoms. The zero-order valence-electron chi connectivity index (χ0n) is 16.9. The molecule has 0 aliphatic rings. The van der Waals surface area contributed by atoms with Crippen LogP contribution in [0, 0.1) is 0 Å². The third-order valence-electron chi connectivity index (χ3n) is 4.45. The molecule has 6 nitrogen and oxygen atoms in total. The van der Waals surface area contributed by atoms with Gasteiger partial charge in [0.25, 0.3) is 5.91 Å². The average molecular weight is 438 g/mol. The third kappa shape index (κ3) is 5.71. The first-order valence-corrected chi connectivity index (χ1v) is 9.81. The van der Waals surface area contributed by atoms with Crippen LogP contribution in [-0.4, -0.2) is 30.9 Å². The summed E-state index contributed by atoms with van der Waals surface area (Å²) < 4.78 is 10.4. The minimum Gasteiger partial charge on any atom is -0.497 e. The predicted octanol–water partition coefficient (Wildman–Crippen LogP) is 5.03. The van der Waals surface area contributed by atoms with Crippen molar-refractivity contribution >= 4 is 34.9 Å². The van der Waals surface area contributed by atoms with E-state index in [1.807, 2.05) is 0 Å². The van der Waals surface area contributed by atoms with Crippen molar-refractivity contribution in [3.05, 3.63) is 94.5 Å².